The van der Waals surface area contributed by atoms with E-state index >= 15 is 0 Å². The summed E-state index contributed by atoms with van der Waals surface area (Å²) >= 11 is 5.62. The molecule has 2 radical (unpaired) electrons. The average molecular weight is 283 g/mol. The van der Waals surface area contributed by atoms with Crippen LogP contribution in [0.5, 0.6) is 0 Å². The molecule has 102 valence electrons. The smallest absolute Gasteiger partial charge is 0.298 e. The summed E-state index contributed by atoms with van der Waals surface area (Å²) in [5.41, 5.74) is 0. The molecule has 0 amide bonds. The highest BCUT2D eigenvalue weighted by molar-refractivity contribution is 6.27. The fourth-order valence-corrected chi connectivity index (χ4v) is 2.36. The van der Waals surface area contributed by atoms with Gasteiger partial charge in [0, 0.05) is 25.7 Å². The fourth-order valence-electron chi connectivity index (χ4n) is 1.18. The number of alkyl halides is 1. The van der Waals surface area contributed by atoms with E-state index in [-0.39, 0.29) is 0 Å². The van der Waals surface area contributed by atoms with E-state index in [1.54, 1.807) is 0 Å². The molecule has 0 N–H and O–H groups in total. The van der Waals surface area contributed by atoms with Crippen LogP contribution in [0.1, 0.15) is 27.2 Å². The molecule has 0 spiro atoms. The zero-order valence-corrected chi connectivity index (χ0v) is 12.7. The standard InChI is InChI=1S/C11H23ClO4Si/c1-4-13-10-11(14-5-2,15-6-3)16-17-9-7-8-12/h4-10H2,1-3H3. The predicted molar refractivity (Wildman–Crippen MR) is 69.5 cm³/mol. The Bertz CT molecular complexity index is 166. The van der Waals surface area contributed by atoms with Crippen molar-refractivity contribution in [2.24, 2.45) is 0 Å². The molecular weight excluding hydrogens is 260 g/mol. The van der Waals surface area contributed by atoms with Crippen molar-refractivity contribution in [1.82, 2.24) is 0 Å². The first-order valence-corrected chi connectivity index (χ1v) is 7.72. The van der Waals surface area contributed by atoms with Crippen molar-refractivity contribution in [1.29, 1.82) is 0 Å². The van der Waals surface area contributed by atoms with Gasteiger partial charge in [-0.1, -0.05) is 0 Å². The van der Waals surface area contributed by atoms with Crippen molar-refractivity contribution in [3.8, 4) is 0 Å². The third-order valence-electron chi connectivity index (χ3n) is 1.85. The van der Waals surface area contributed by atoms with E-state index in [4.69, 9.17) is 30.2 Å². The van der Waals surface area contributed by atoms with Gasteiger partial charge in [-0.2, -0.15) is 0 Å². The zero-order valence-electron chi connectivity index (χ0n) is 11.0. The Balaban J connectivity index is 4.20. The monoisotopic (exact) mass is 282 g/mol. The summed E-state index contributed by atoms with van der Waals surface area (Å²) in [5.74, 6) is -0.400. The van der Waals surface area contributed by atoms with E-state index in [9.17, 15) is 0 Å². The Kier molecular flexibility index (Phi) is 11.7. The van der Waals surface area contributed by atoms with Gasteiger partial charge in [0.25, 0.3) is 5.97 Å². The van der Waals surface area contributed by atoms with Gasteiger partial charge in [0.2, 0.25) is 9.76 Å². The molecule has 0 saturated heterocycles. The number of halogens is 1. The van der Waals surface area contributed by atoms with Crippen LogP contribution in [0.2, 0.25) is 6.04 Å². The highest BCUT2D eigenvalue weighted by atomic mass is 35.5. The van der Waals surface area contributed by atoms with Crippen LogP contribution >= 0.6 is 11.6 Å². The van der Waals surface area contributed by atoms with Crippen molar-refractivity contribution >= 4 is 21.4 Å². The fraction of sp³-hybridized carbons (Fsp3) is 1.00. The normalized spacial score (nSPS) is 12.0. The van der Waals surface area contributed by atoms with Crippen LogP contribution in [0, 0.1) is 0 Å². The molecule has 17 heavy (non-hydrogen) atoms. The molecule has 0 aromatic carbocycles. The third-order valence-corrected chi connectivity index (χ3v) is 3.13. The van der Waals surface area contributed by atoms with Gasteiger partial charge in [-0.05, 0) is 33.2 Å². The van der Waals surface area contributed by atoms with Crippen molar-refractivity contribution in [3.63, 3.8) is 0 Å². The molecule has 0 aliphatic carbocycles. The first kappa shape index (κ1) is 17.3. The Labute approximate surface area is 112 Å². The molecule has 0 rings (SSSR count). The van der Waals surface area contributed by atoms with Gasteiger partial charge in [-0.25, -0.2) is 0 Å². The minimum absolute atomic E-state index is 0.291. The Hall–Kier alpha value is 0.347. The summed E-state index contributed by atoms with van der Waals surface area (Å²) in [5, 5.41) is 0. The summed E-state index contributed by atoms with van der Waals surface area (Å²) < 4.78 is 22.2. The molecular formula is C11H23ClO4Si. The maximum atomic E-state index is 5.71. The molecule has 0 atom stereocenters. The summed E-state index contributed by atoms with van der Waals surface area (Å²) in [6.45, 7) is 7.68. The van der Waals surface area contributed by atoms with Gasteiger partial charge in [0.1, 0.15) is 6.61 Å². The molecule has 0 heterocycles. The van der Waals surface area contributed by atoms with Crippen LogP contribution in [0.15, 0.2) is 0 Å². The maximum absolute atomic E-state index is 5.71. The quantitative estimate of drug-likeness (QED) is 0.238. The van der Waals surface area contributed by atoms with E-state index in [2.05, 4.69) is 0 Å². The second-order valence-corrected chi connectivity index (χ2v) is 4.60. The van der Waals surface area contributed by atoms with E-state index in [1.165, 1.54) is 0 Å². The maximum Gasteiger partial charge on any atom is 0.298 e. The highest BCUT2D eigenvalue weighted by Gasteiger charge is 2.33. The topological polar surface area (TPSA) is 36.9 Å². The van der Waals surface area contributed by atoms with Gasteiger partial charge in [0.05, 0.1) is 0 Å². The van der Waals surface area contributed by atoms with Crippen LogP contribution in [0.3, 0.4) is 0 Å². The Morgan fingerprint density at radius 2 is 1.71 bits per heavy atom. The molecule has 0 aliphatic rings. The summed E-state index contributed by atoms with van der Waals surface area (Å²) in [6, 6.07) is 0.914. The van der Waals surface area contributed by atoms with Crippen molar-refractivity contribution in [2.45, 2.75) is 39.2 Å². The van der Waals surface area contributed by atoms with Gasteiger partial charge >= 0.3 is 0 Å². The number of hydrogen-bond donors (Lipinski definition) is 0. The summed E-state index contributed by atoms with van der Waals surface area (Å²) in [4.78, 5) is 0. The highest BCUT2D eigenvalue weighted by Crippen LogP contribution is 2.16. The van der Waals surface area contributed by atoms with E-state index in [1.807, 2.05) is 20.8 Å². The molecule has 0 aromatic rings. The lowest BCUT2D eigenvalue weighted by Crippen LogP contribution is -2.45. The first-order chi connectivity index (χ1) is 8.24. The lowest BCUT2D eigenvalue weighted by molar-refractivity contribution is -0.358. The third kappa shape index (κ3) is 8.13. The number of rotatable bonds is 12. The zero-order chi connectivity index (χ0) is 13.0. The van der Waals surface area contributed by atoms with Crippen LogP contribution < -0.4 is 0 Å². The van der Waals surface area contributed by atoms with Gasteiger partial charge in [-0.3, -0.25) is 0 Å². The van der Waals surface area contributed by atoms with Crippen LogP contribution in [-0.2, 0) is 18.6 Å². The second kappa shape index (κ2) is 11.4. The summed E-state index contributed by atoms with van der Waals surface area (Å²) in [6.07, 6.45) is 0.933. The Morgan fingerprint density at radius 3 is 2.18 bits per heavy atom. The lowest BCUT2D eigenvalue weighted by Gasteiger charge is -2.32. The average Bonchev–Trinajstić information content (AvgIpc) is 2.33. The predicted octanol–water partition coefficient (Wildman–Crippen LogP) is 2.43. The molecule has 0 unspecified atom stereocenters. The molecule has 0 saturated carbocycles. The molecule has 0 aromatic heterocycles. The van der Waals surface area contributed by atoms with Crippen LogP contribution in [0.4, 0.5) is 0 Å². The van der Waals surface area contributed by atoms with Crippen LogP contribution in [0.25, 0.3) is 0 Å². The minimum Gasteiger partial charge on any atom is -0.373 e. The van der Waals surface area contributed by atoms with E-state index < -0.39 is 5.97 Å². The van der Waals surface area contributed by atoms with Crippen molar-refractivity contribution < 1.29 is 18.6 Å². The molecule has 0 fully saturated rings. The molecule has 0 aliphatic heterocycles. The second-order valence-electron chi connectivity index (χ2n) is 3.23. The van der Waals surface area contributed by atoms with Gasteiger partial charge < -0.3 is 18.6 Å². The molecule has 0 bridgehead atoms. The van der Waals surface area contributed by atoms with E-state index in [0.717, 1.165) is 12.5 Å². The van der Waals surface area contributed by atoms with Gasteiger partial charge in [-0.15, -0.1) is 11.6 Å². The summed E-state index contributed by atoms with van der Waals surface area (Å²) in [7, 11) is 0.307. The van der Waals surface area contributed by atoms with Crippen molar-refractivity contribution in [2.75, 3.05) is 32.3 Å². The minimum atomic E-state index is -1.05. The molecule has 4 nitrogen and oxygen atoms in total. The van der Waals surface area contributed by atoms with Crippen LogP contribution in [-0.4, -0.2) is 48.0 Å². The van der Waals surface area contributed by atoms with Crippen molar-refractivity contribution in [3.05, 3.63) is 0 Å². The van der Waals surface area contributed by atoms with E-state index in [0.29, 0.717) is 42.1 Å². The largest absolute Gasteiger partial charge is 0.373 e. The SMILES string of the molecule is CCOCC(OCC)(OCC)O[Si]CCCCl. The Morgan fingerprint density at radius 1 is 1.06 bits per heavy atom. The van der Waals surface area contributed by atoms with Gasteiger partial charge in [0.15, 0.2) is 0 Å². The number of hydrogen-bond acceptors (Lipinski definition) is 4. The number of ether oxygens (including phenoxy) is 3. The lowest BCUT2D eigenvalue weighted by atomic mass is 10.5. The first-order valence-electron chi connectivity index (χ1n) is 6.07. The molecule has 6 heteroatoms.